The summed E-state index contributed by atoms with van der Waals surface area (Å²) in [6.07, 6.45) is 6.95. The van der Waals surface area contributed by atoms with Crippen LogP contribution >= 0.6 is 0 Å². The molecule has 2 aliphatic rings. The molecule has 3 nitrogen and oxygen atoms in total. The molecule has 1 heterocycles. The lowest BCUT2D eigenvalue weighted by atomic mass is 9.83. The van der Waals surface area contributed by atoms with Crippen molar-refractivity contribution in [2.75, 3.05) is 13.2 Å². The number of fused-ring (bicyclic) bond motifs is 9. The van der Waals surface area contributed by atoms with Gasteiger partial charge in [0.15, 0.2) is 0 Å². The van der Waals surface area contributed by atoms with Gasteiger partial charge < -0.3 is 9.47 Å². The van der Waals surface area contributed by atoms with E-state index < -0.39 is 0 Å². The minimum Gasteiger partial charge on any atom is -0.457 e. The molecule has 1 aliphatic heterocycles. The zero-order chi connectivity index (χ0) is 31.7. The maximum atomic E-state index is 14.5. The van der Waals surface area contributed by atoms with Crippen LogP contribution in [0.5, 0.6) is 0 Å². The van der Waals surface area contributed by atoms with Crippen molar-refractivity contribution in [3.05, 3.63) is 166 Å². The Morgan fingerprint density at radius 2 is 1.36 bits per heavy atom. The lowest BCUT2D eigenvalue weighted by Crippen LogP contribution is -2.38. The fourth-order valence-corrected chi connectivity index (χ4v) is 7.40. The van der Waals surface area contributed by atoms with Gasteiger partial charge in [-0.1, -0.05) is 140 Å². The third kappa shape index (κ3) is 5.19. The number of rotatable bonds is 1. The smallest absolute Gasteiger partial charge is 0.339 e. The molecule has 0 aromatic heterocycles. The van der Waals surface area contributed by atoms with Gasteiger partial charge in [0.05, 0.1) is 18.8 Å². The van der Waals surface area contributed by atoms with E-state index in [2.05, 4.69) is 97.6 Å². The lowest BCUT2D eigenvalue weighted by Gasteiger charge is -2.25. The quantitative estimate of drug-likeness (QED) is 0.192. The summed E-state index contributed by atoms with van der Waals surface area (Å²) in [6, 6.07) is 41.7. The van der Waals surface area contributed by atoms with E-state index >= 15 is 0 Å². The summed E-state index contributed by atoms with van der Waals surface area (Å²) < 4.78 is 13.2. The standard InChI is InChI=1S/C44H34O3/c1-2-11-29-12-3-7-16-35(29)40-28-47-44(45)39-25-24-32-15-6-10-19-38(32)43(39)42-34(23-21-31-14-5-9-18-37(31)42)27-46-26-33-22-20-30-13-4-8-17-36(30)41(33)40/h2-21,23-25,33H,1,22,26-28H2/b29-11-,40-35+. The van der Waals surface area contributed by atoms with E-state index in [9.17, 15) is 4.79 Å². The highest BCUT2D eigenvalue weighted by molar-refractivity contribution is 6.14. The van der Waals surface area contributed by atoms with E-state index in [1.165, 1.54) is 5.22 Å². The van der Waals surface area contributed by atoms with Gasteiger partial charge in [-0.25, -0.2) is 4.79 Å². The van der Waals surface area contributed by atoms with Crippen molar-refractivity contribution in [3.8, 4) is 11.1 Å². The van der Waals surface area contributed by atoms with E-state index in [4.69, 9.17) is 9.47 Å². The number of carbonyl (C=O) groups excluding carboxylic acids is 1. The third-order valence-corrected chi connectivity index (χ3v) is 9.53. The maximum absolute atomic E-state index is 14.5. The summed E-state index contributed by atoms with van der Waals surface area (Å²) in [6.45, 7) is 5.04. The van der Waals surface area contributed by atoms with Crippen LogP contribution in [0.15, 0.2) is 134 Å². The van der Waals surface area contributed by atoms with Gasteiger partial charge in [-0.15, -0.1) is 0 Å². The topological polar surface area (TPSA) is 35.5 Å². The Balaban J connectivity index is 1.43. The zero-order valence-corrected chi connectivity index (χ0v) is 26.1. The van der Waals surface area contributed by atoms with E-state index in [-0.39, 0.29) is 18.5 Å². The number of hydrogen-bond donors (Lipinski definition) is 0. The molecule has 1 aliphatic carbocycles. The second-order valence-electron chi connectivity index (χ2n) is 12.2. The molecule has 0 saturated carbocycles. The first-order valence-electron chi connectivity index (χ1n) is 16.2. The third-order valence-electron chi connectivity index (χ3n) is 9.53. The Kier molecular flexibility index (Phi) is 7.60. The predicted octanol–water partition coefficient (Wildman–Crippen LogP) is 6.82. The minimum atomic E-state index is -0.347. The molecular weight excluding hydrogens is 576 g/mol. The van der Waals surface area contributed by atoms with Gasteiger partial charge in [-0.05, 0) is 71.6 Å². The second kappa shape index (κ2) is 12.4. The van der Waals surface area contributed by atoms with Crippen molar-refractivity contribution in [1.29, 1.82) is 0 Å². The Labute approximate surface area is 273 Å². The molecule has 1 unspecified atom stereocenters. The Bertz CT molecular complexity index is 2470. The number of esters is 1. The number of hydrogen-bond acceptors (Lipinski definition) is 3. The average Bonchev–Trinajstić information content (AvgIpc) is 3.12. The number of allylic oxidation sites excluding steroid dienone is 1. The zero-order valence-electron chi connectivity index (χ0n) is 26.1. The first kappa shape index (κ1) is 28.9. The van der Waals surface area contributed by atoms with E-state index in [1.807, 2.05) is 48.6 Å². The van der Waals surface area contributed by atoms with Crippen LogP contribution in [-0.2, 0) is 16.1 Å². The SMILES string of the molecule is C=C/C=c1/cccc/c1=C1/COC(=O)c2ccc3ccccc3c2-c2c(ccc3ccccc23)COCC2CC=c3ccccc3=C12. The van der Waals surface area contributed by atoms with Crippen LogP contribution in [0.1, 0.15) is 22.3 Å². The van der Waals surface area contributed by atoms with Crippen LogP contribution in [0.25, 0.3) is 56.0 Å². The van der Waals surface area contributed by atoms with Gasteiger partial charge in [-0.3, -0.25) is 0 Å². The monoisotopic (exact) mass is 610 g/mol. The van der Waals surface area contributed by atoms with Crippen LogP contribution < -0.4 is 20.9 Å². The van der Waals surface area contributed by atoms with Crippen LogP contribution in [-0.4, -0.2) is 19.2 Å². The molecule has 0 amide bonds. The lowest BCUT2D eigenvalue weighted by molar-refractivity contribution is 0.0557. The largest absolute Gasteiger partial charge is 0.457 e. The molecule has 0 spiro atoms. The predicted molar refractivity (Wildman–Crippen MR) is 192 cm³/mol. The highest BCUT2D eigenvalue weighted by Crippen LogP contribution is 2.40. The number of carbonyl (C=O) groups is 1. The molecule has 0 saturated heterocycles. The molecule has 47 heavy (non-hydrogen) atoms. The molecule has 0 N–H and O–H groups in total. The van der Waals surface area contributed by atoms with Gasteiger partial charge in [0.25, 0.3) is 0 Å². The average molecular weight is 611 g/mol. The summed E-state index contributed by atoms with van der Waals surface area (Å²) >= 11 is 0. The molecule has 6 aromatic carbocycles. The van der Waals surface area contributed by atoms with Crippen LogP contribution in [0, 0.1) is 5.92 Å². The van der Waals surface area contributed by atoms with E-state index in [0.717, 1.165) is 71.5 Å². The summed E-state index contributed by atoms with van der Waals surface area (Å²) in [7, 11) is 0. The summed E-state index contributed by atoms with van der Waals surface area (Å²) in [4.78, 5) is 14.5. The van der Waals surface area contributed by atoms with E-state index in [0.29, 0.717) is 18.8 Å². The highest BCUT2D eigenvalue weighted by atomic mass is 16.5. The van der Waals surface area contributed by atoms with Crippen LogP contribution in [0.4, 0.5) is 0 Å². The molecule has 6 aromatic rings. The highest BCUT2D eigenvalue weighted by Gasteiger charge is 2.27. The van der Waals surface area contributed by atoms with Crippen molar-refractivity contribution >= 4 is 50.8 Å². The fraction of sp³-hybridized carbons (Fsp3) is 0.114. The number of ether oxygens (including phenoxy) is 2. The van der Waals surface area contributed by atoms with Crippen molar-refractivity contribution in [2.24, 2.45) is 5.92 Å². The normalized spacial score (nSPS) is 18.0. The Morgan fingerprint density at radius 1 is 0.681 bits per heavy atom. The minimum absolute atomic E-state index is 0.0725. The fourth-order valence-electron chi connectivity index (χ4n) is 7.40. The second-order valence-corrected chi connectivity index (χ2v) is 12.2. The molecule has 3 heteroatoms. The Morgan fingerprint density at radius 3 is 2.17 bits per heavy atom. The summed E-state index contributed by atoms with van der Waals surface area (Å²) in [5, 5.41) is 8.67. The first-order valence-corrected chi connectivity index (χ1v) is 16.2. The molecule has 228 valence electrons. The molecule has 8 rings (SSSR count). The van der Waals surface area contributed by atoms with Gasteiger partial charge in [0.1, 0.15) is 6.61 Å². The Hall–Kier alpha value is -5.51. The number of cyclic esters (lactones) is 1. The van der Waals surface area contributed by atoms with Crippen molar-refractivity contribution in [2.45, 2.75) is 13.0 Å². The van der Waals surface area contributed by atoms with Crippen molar-refractivity contribution in [1.82, 2.24) is 0 Å². The summed E-state index contributed by atoms with van der Waals surface area (Å²) in [5.41, 5.74) is 5.65. The van der Waals surface area contributed by atoms with Crippen molar-refractivity contribution in [3.63, 3.8) is 0 Å². The number of benzene rings is 6. The van der Waals surface area contributed by atoms with Gasteiger partial charge in [0.2, 0.25) is 0 Å². The van der Waals surface area contributed by atoms with E-state index in [1.54, 1.807) is 0 Å². The van der Waals surface area contributed by atoms with Crippen molar-refractivity contribution < 1.29 is 14.3 Å². The van der Waals surface area contributed by atoms with Crippen LogP contribution in [0.2, 0.25) is 0 Å². The molecule has 0 radical (unpaired) electrons. The first-order chi connectivity index (χ1) is 23.2. The van der Waals surface area contributed by atoms with Gasteiger partial charge in [0, 0.05) is 17.1 Å². The van der Waals surface area contributed by atoms with Gasteiger partial charge >= 0.3 is 5.97 Å². The van der Waals surface area contributed by atoms with Crippen LogP contribution in [0.3, 0.4) is 0 Å². The molecule has 0 bridgehead atoms. The van der Waals surface area contributed by atoms with Gasteiger partial charge in [-0.2, -0.15) is 0 Å². The molecule has 0 fully saturated rings. The molecular formula is C44H34O3. The molecule has 1 atom stereocenters. The summed E-state index contributed by atoms with van der Waals surface area (Å²) in [5.74, 6) is -0.274. The maximum Gasteiger partial charge on any atom is 0.339 e.